The first-order chi connectivity index (χ1) is 21.1. The van der Waals surface area contributed by atoms with Crippen molar-refractivity contribution in [3.8, 4) is 0 Å². The molecule has 0 saturated heterocycles. The average molecular weight is 607 g/mol. The van der Waals surface area contributed by atoms with Crippen LogP contribution in [0.2, 0.25) is 0 Å². The van der Waals surface area contributed by atoms with E-state index in [2.05, 4.69) is 6.58 Å². The lowest BCUT2D eigenvalue weighted by molar-refractivity contribution is -0.141. The van der Waals surface area contributed by atoms with Crippen LogP contribution in [0.4, 0.5) is 0 Å². The molecule has 0 aliphatic heterocycles. The number of carbonyl (C=O) groups is 2. The monoisotopic (exact) mass is 607 g/mol. The molecular weight excluding hydrogens is 532 g/mol. The summed E-state index contributed by atoms with van der Waals surface area (Å²) in [6, 6.07) is 0. The molecule has 0 radical (unpaired) electrons. The van der Waals surface area contributed by atoms with Crippen molar-refractivity contribution in [1.82, 2.24) is 0 Å². The number of Topliss-reactive ketones (excluding diaryl/α,β-unsaturated/α-hetero) is 1. The van der Waals surface area contributed by atoms with Gasteiger partial charge in [0.15, 0.2) is 0 Å². The van der Waals surface area contributed by atoms with Crippen molar-refractivity contribution in [3.63, 3.8) is 0 Å². The van der Waals surface area contributed by atoms with Crippen molar-refractivity contribution < 1.29 is 19.8 Å². The van der Waals surface area contributed by atoms with E-state index in [0.29, 0.717) is 18.8 Å². The lowest BCUT2D eigenvalue weighted by atomic mass is 9.97. The summed E-state index contributed by atoms with van der Waals surface area (Å²) in [6.07, 6.45) is 41.8. The van der Waals surface area contributed by atoms with Gasteiger partial charge in [-0.25, -0.2) is 0 Å². The largest absolute Gasteiger partial charge is 0.481 e. The number of ketones is 1. The normalized spacial score (nSPS) is 12.0. The molecule has 0 aromatic carbocycles. The predicted molar refractivity (Wildman–Crippen MR) is 186 cm³/mol. The Balaban J connectivity index is 3.23. The van der Waals surface area contributed by atoms with Crippen LogP contribution in [0.1, 0.15) is 212 Å². The van der Waals surface area contributed by atoms with Gasteiger partial charge < -0.3 is 10.2 Å². The number of aliphatic hydroxyl groups excluding tert-OH is 1. The first kappa shape index (κ1) is 41.8. The summed E-state index contributed by atoms with van der Waals surface area (Å²) in [4.78, 5) is 23.3. The Morgan fingerprint density at radius 1 is 0.465 bits per heavy atom. The minimum Gasteiger partial charge on any atom is -0.481 e. The second-order valence-electron chi connectivity index (χ2n) is 13.4. The number of carboxylic acid groups (broad SMARTS) is 1. The Kier molecular flexibility index (Phi) is 34.4. The van der Waals surface area contributed by atoms with Crippen LogP contribution in [-0.2, 0) is 9.59 Å². The molecule has 1 atom stereocenters. The van der Waals surface area contributed by atoms with E-state index < -0.39 is 5.97 Å². The molecule has 0 fully saturated rings. The third-order valence-electron chi connectivity index (χ3n) is 9.17. The number of allylic oxidation sites excluding steroid dienone is 1. The number of hydrogen-bond donors (Lipinski definition) is 2. The van der Waals surface area contributed by atoms with E-state index in [9.17, 15) is 9.59 Å². The number of aliphatic carboxylic acids is 1. The zero-order chi connectivity index (χ0) is 31.5. The molecule has 2 N–H and O–H groups in total. The van der Waals surface area contributed by atoms with E-state index in [4.69, 9.17) is 10.2 Å². The Morgan fingerprint density at radius 3 is 1.02 bits per heavy atom. The van der Waals surface area contributed by atoms with Crippen LogP contribution in [0.3, 0.4) is 0 Å². The number of carbonyl (C=O) groups excluding carboxylic acids is 1. The molecule has 4 nitrogen and oxygen atoms in total. The van der Waals surface area contributed by atoms with Crippen molar-refractivity contribution >= 4 is 11.8 Å². The molecule has 0 heterocycles. The van der Waals surface area contributed by atoms with Gasteiger partial charge in [0.25, 0.3) is 0 Å². The van der Waals surface area contributed by atoms with Crippen LogP contribution < -0.4 is 0 Å². The third kappa shape index (κ3) is 33.6. The van der Waals surface area contributed by atoms with E-state index in [0.717, 1.165) is 51.4 Å². The minimum atomic E-state index is -0.678. The summed E-state index contributed by atoms with van der Waals surface area (Å²) in [5.41, 5.74) is 0. The zero-order valence-corrected chi connectivity index (χ0v) is 28.6. The van der Waals surface area contributed by atoms with Crippen molar-refractivity contribution in [2.75, 3.05) is 6.61 Å². The highest BCUT2D eigenvalue weighted by Crippen LogP contribution is 2.18. The molecule has 4 heteroatoms. The molecule has 0 aromatic rings. The number of carboxylic acids is 1. The Bertz CT molecular complexity index is 602. The van der Waals surface area contributed by atoms with Gasteiger partial charge >= 0.3 is 5.97 Å². The second kappa shape index (κ2) is 35.3. The predicted octanol–water partition coefficient (Wildman–Crippen LogP) is 12.3. The highest BCUT2D eigenvalue weighted by atomic mass is 16.4. The van der Waals surface area contributed by atoms with E-state index in [1.165, 1.54) is 154 Å². The summed E-state index contributed by atoms with van der Waals surface area (Å²) < 4.78 is 0. The molecule has 0 rings (SSSR count). The number of aliphatic hydroxyl groups is 1. The zero-order valence-electron chi connectivity index (χ0n) is 28.6. The highest BCUT2D eigenvalue weighted by molar-refractivity contribution is 5.78. The maximum atomic E-state index is 12.2. The Morgan fingerprint density at radius 2 is 0.744 bits per heavy atom. The van der Waals surface area contributed by atoms with Crippen LogP contribution in [-0.4, -0.2) is 28.6 Å². The van der Waals surface area contributed by atoms with Crippen LogP contribution in [0.5, 0.6) is 0 Å². The summed E-state index contributed by atoms with van der Waals surface area (Å²) in [7, 11) is 0. The van der Waals surface area contributed by atoms with Crippen molar-refractivity contribution in [2.45, 2.75) is 212 Å². The van der Waals surface area contributed by atoms with Gasteiger partial charge in [-0.05, 0) is 32.1 Å². The quantitative estimate of drug-likeness (QED) is 0.0545. The van der Waals surface area contributed by atoms with Gasteiger partial charge in [0.05, 0.1) is 5.92 Å². The molecule has 254 valence electrons. The minimum absolute atomic E-state index is 0.241. The molecule has 0 bridgehead atoms. The third-order valence-corrected chi connectivity index (χ3v) is 9.17. The Hall–Kier alpha value is -1.16. The molecule has 0 amide bonds. The lowest BCUT2D eigenvalue weighted by Crippen LogP contribution is -2.12. The Labute approximate surface area is 268 Å². The van der Waals surface area contributed by atoms with Crippen LogP contribution >= 0.6 is 0 Å². The van der Waals surface area contributed by atoms with Gasteiger partial charge in [0, 0.05) is 19.4 Å². The summed E-state index contributed by atoms with van der Waals surface area (Å²) >= 11 is 0. The SMILES string of the molecule is C=CCC(CCCCCCCCCCCCCCCCC(=O)CCCCCCCCCCCCCCCCCO)C(=O)O. The number of unbranched alkanes of at least 4 members (excludes halogenated alkanes) is 27. The van der Waals surface area contributed by atoms with Crippen LogP contribution in [0.25, 0.3) is 0 Å². The molecule has 0 spiro atoms. The second-order valence-corrected chi connectivity index (χ2v) is 13.4. The maximum absolute atomic E-state index is 12.2. The van der Waals surface area contributed by atoms with E-state index in [1.54, 1.807) is 6.08 Å². The first-order valence-electron chi connectivity index (χ1n) is 19.1. The van der Waals surface area contributed by atoms with E-state index in [-0.39, 0.29) is 5.92 Å². The topological polar surface area (TPSA) is 74.6 Å². The molecule has 43 heavy (non-hydrogen) atoms. The smallest absolute Gasteiger partial charge is 0.306 e. The molecule has 0 aliphatic carbocycles. The van der Waals surface area contributed by atoms with Crippen molar-refractivity contribution in [1.29, 1.82) is 0 Å². The van der Waals surface area contributed by atoms with Crippen LogP contribution in [0, 0.1) is 5.92 Å². The van der Waals surface area contributed by atoms with Gasteiger partial charge in [0.2, 0.25) is 0 Å². The molecular formula is C39H74O4. The molecule has 0 aromatic heterocycles. The summed E-state index contributed by atoms with van der Waals surface area (Å²) in [5, 5.41) is 18.0. The van der Waals surface area contributed by atoms with Gasteiger partial charge in [-0.3, -0.25) is 9.59 Å². The molecule has 1 unspecified atom stereocenters. The fourth-order valence-electron chi connectivity index (χ4n) is 6.23. The molecule has 0 aliphatic rings. The summed E-state index contributed by atoms with van der Waals surface area (Å²) in [5.74, 6) is -0.427. The fraction of sp³-hybridized carbons (Fsp3) is 0.897. The van der Waals surface area contributed by atoms with Crippen molar-refractivity contribution in [2.24, 2.45) is 5.92 Å². The van der Waals surface area contributed by atoms with E-state index in [1.807, 2.05) is 0 Å². The average Bonchev–Trinajstić information content (AvgIpc) is 2.99. The highest BCUT2D eigenvalue weighted by Gasteiger charge is 2.14. The standard InChI is InChI=1S/C39H74O4/c1-2-32-37(39(42)43)33-28-24-20-16-12-8-5-6-10-14-18-22-26-30-35-38(41)34-29-25-21-17-13-9-4-3-7-11-15-19-23-27-31-36-40/h2,37,40H,1,3-36H2,(H,42,43). The van der Waals surface area contributed by atoms with Gasteiger partial charge in [-0.15, -0.1) is 6.58 Å². The van der Waals surface area contributed by atoms with Gasteiger partial charge in [-0.1, -0.05) is 173 Å². The van der Waals surface area contributed by atoms with Crippen molar-refractivity contribution in [3.05, 3.63) is 12.7 Å². The lowest BCUT2D eigenvalue weighted by Gasteiger charge is -2.09. The van der Waals surface area contributed by atoms with E-state index >= 15 is 0 Å². The fourth-order valence-corrected chi connectivity index (χ4v) is 6.23. The van der Waals surface area contributed by atoms with Gasteiger partial charge in [0.1, 0.15) is 5.78 Å². The maximum Gasteiger partial charge on any atom is 0.306 e. The van der Waals surface area contributed by atoms with Crippen LogP contribution in [0.15, 0.2) is 12.7 Å². The van der Waals surface area contributed by atoms with Gasteiger partial charge in [-0.2, -0.15) is 0 Å². The number of hydrogen-bond acceptors (Lipinski definition) is 3. The molecule has 0 saturated carbocycles. The summed E-state index contributed by atoms with van der Waals surface area (Å²) in [6.45, 7) is 4.01. The number of rotatable bonds is 37. The first-order valence-corrected chi connectivity index (χ1v) is 19.1.